The summed E-state index contributed by atoms with van der Waals surface area (Å²) in [5.74, 6) is 0.706. The molecule has 44 heavy (non-hydrogen) atoms. The number of aliphatic hydroxyl groups is 1. The van der Waals surface area contributed by atoms with Crippen molar-refractivity contribution in [2.45, 2.75) is 74.7 Å². The molecule has 3 atom stereocenters. The van der Waals surface area contributed by atoms with Gasteiger partial charge in [-0.2, -0.15) is 0 Å². The highest BCUT2D eigenvalue weighted by molar-refractivity contribution is 5.75. The van der Waals surface area contributed by atoms with E-state index in [1.54, 1.807) is 11.1 Å². The minimum Gasteiger partial charge on any atom is -0.378 e. The number of benzene rings is 4. The number of fused-ring (bicyclic) bond motifs is 5. The first kappa shape index (κ1) is 28.8. The van der Waals surface area contributed by atoms with Crippen LogP contribution in [0.15, 0.2) is 115 Å². The molecule has 3 aliphatic rings. The van der Waals surface area contributed by atoms with Gasteiger partial charge in [0.1, 0.15) is 5.60 Å². The van der Waals surface area contributed by atoms with Gasteiger partial charge in [-0.05, 0) is 85.2 Å². The Balaban J connectivity index is 0.999. The second-order valence-electron chi connectivity index (χ2n) is 12.9. The summed E-state index contributed by atoms with van der Waals surface area (Å²) in [4.78, 5) is 16.4. The van der Waals surface area contributed by atoms with Crippen LogP contribution < -0.4 is 10.6 Å². The van der Waals surface area contributed by atoms with E-state index in [0.29, 0.717) is 18.0 Å². The fourth-order valence-electron chi connectivity index (χ4n) is 8.21. The summed E-state index contributed by atoms with van der Waals surface area (Å²) in [7, 11) is 0. The number of carbonyl (C=O) groups is 1. The average molecular weight is 586 g/mol. The van der Waals surface area contributed by atoms with Gasteiger partial charge in [0, 0.05) is 18.1 Å². The summed E-state index contributed by atoms with van der Waals surface area (Å²) in [5.41, 5.74) is 3.96. The number of rotatable bonds is 9. The monoisotopic (exact) mass is 585 g/mol. The Morgan fingerprint density at radius 1 is 0.705 bits per heavy atom. The van der Waals surface area contributed by atoms with Crippen LogP contribution in [0.4, 0.5) is 4.79 Å². The standard InChI is InChI=1S/C39H43N3O2/c43-38(40-32-22-20-28(21-23-32)26-27-42-35-24-25-36(42)34-19-11-10-18-33(34)35)41-37(29-12-4-1-5-13-29)39(44,30-14-6-2-7-15-30)31-16-8-3-9-17-31/h1-19,28,32,35-37,44H,20-27H2,(H2,40,41,43)/t28?,32?,35-,36+,37-/m0/s1. The second-order valence-corrected chi connectivity index (χ2v) is 12.9. The summed E-state index contributed by atoms with van der Waals surface area (Å²) in [5, 5.41) is 19.0. The Morgan fingerprint density at radius 3 is 1.75 bits per heavy atom. The number of hydrogen-bond donors (Lipinski definition) is 3. The molecular formula is C39H43N3O2. The second kappa shape index (κ2) is 12.6. The van der Waals surface area contributed by atoms with Gasteiger partial charge in [-0.3, -0.25) is 4.90 Å². The minimum absolute atomic E-state index is 0.136. The molecule has 5 heteroatoms. The molecule has 2 aliphatic heterocycles. The van der Waals surface area contributed by atoms with Crippen LogP contribution in [0.5, 0.6) is 0 Å². The lowest BCUT2D eigenvalue weighted by Crippen LogP contribution is -2.50. The maximum absolute atomic E-state index is 13.6. The summed E-state index contributed by atoms with van der Waals surface area (Å²) >= 11 is 0. The van der Waals surface area contributed by atoms with E-state index in [0.717, 1.165) is 42.4 Å². The molecule has 0 radical (unpaired) electrons. The van der Waals surface area contributed by atoms with Gasteiger partial charge in [0.2, 0.25) is 0 Å². The third-order valence-electron chi connectivity index (χ3n) is 10.5. The van der Waals surface area contributed by atoms with Crippen molar-refractivity contribution >= 4 is 6.03 Å². The van der Waals surface area contributed by atoms with Crippen LogP contribution in [-0.2, 0) is 5.60 Å². The van der Waals surface area contributed by atoms with Crippen molar-refractivity contribution in [1.82, 2.24) is 15.5 Å². The molecule has 1 aliphatic carbocycles. The SMILES string of the molecule is O=C(NC1CCC(CCN2[C@@H]3CC[C@H]2c2ccccc23)CC1)N[C@@H](c1ccccc1)C(O)(c1ccccc1)c1ccccc1. The van der Waals surface area contributed by atoms with Crippen LogP contribution in [0.3, 0.4) is 0 Å². The summed E-state index contributed by atoms with van der Waals surface area (Å²) in [6, 6.07) is 38.6. The molecule has 0 aromatic heterocycles. The van der Waals surface area contributed by atoms with E-state index < -0.39 is 11.6 Å². The highest BCUT2D eigenvalue weighted by atomic mass is 16.3. The molecule has 5 nitrogen and oxygen atoms in total. The maximum Gasteiger partial charge on any atom is 0.315 e. The van der Waals surface area contributed by atoms with E-state index in [-0.39, 0.29) is 12.1 Å². The topological polar surface area (TPSA) is 64.6 Å². The van der Waals surface area contributed by atoms with Gasteiger partial charge in [-0.15, -0.1) is 0 Å². The van der Waals surface area contributed by atoms with E-state index in [4.69, 9.17) is 0 Å². The average Bonchev–Trinajstić information content (AvgIpc) is 3.64. The van der Waals surface area contributed by atoms with Crippen LogP contribution >= 0.6 is 0 Å². The van der Waals surface area contributed by atoms with Crippen molar-refractivity contribution in [3.05, 3.63) is 143 Å². The third kappa shape index (κ3) is 5.55. The van der Waals surface area contributed by atoms with Crippen LogP contribution in [0.2, 0.25) is 0 Å². The van der Waals surface area contributed by atoms with Gasteiger partial charge in [-0.25, -0.2) is 4.79 Å². The number of urea groups is 1. The molecule has 2 heterocycles. The quantitative estimate of drug-likeness (QED) is 0.188. The number of carbonyl (C=O) groups excluding carboxylic acids is 1. The Kier molecular flexibility index (Phi) is 8.24. The molecule has 1 saturated heterocycles. The Hall–Kier alpha value is -3.93. The Labute approximate surface area is 261 Å². The first-order valence-electron chi connectivity index (χ1n) is 16.4. The van der Waals surface area contributed by atoms with E-state index in [9.17, 15) is 9.90 Å². The van der Waals surface area contributed by atoms with Crippen molar-refractivity contribution in [2.75, 3.05) is 6.54 Å². The van der Waals surface area contributed by atoms with Crippen molar-refractivity contribution in [3.63, 3.8) is 0 Å². The molecule has 1 saturated carbocycles. The maximum atomic E-state index is 13.6. The Morgan fingerprint density at radius 2 is 1.20 bits per heavy atom. The first-order valence-corrected chi connectivity index (χ1v) is 16.4. The molecule has 3 N–H and O–H groups in total. The highest BCUT2D eigenvalue weighted by Gasteiger charge is 2.44. The van der Waals surface area contributed by atoms with Gasteiger partial charge < -0.3 is 15.7 Å². The number of nitrogens with one attached hydrogen (secondary N) is 2. The van der Waals surface area contributed by atoms with Gasteiger partial charge in [0.25, 0.3) is 0 Å². The predicted octanol–water partition coefficient (Wildman–Crippen LogP) is 7.80. The summed E-state index contributed by atoms with van der Waals surface area (Å²) in [6.07, 6.45) is 8.08. The molecular weight excluding hydrogens is 542 g/mol. The summed E-state index contributed by atoms with van der Waals surface area (Å²) in [6.45, 7) is 1.17. The molecule has 2 bridgehead atoms. The van der Waals surface area contributed by atoms with Crippen LogP contribution in [0.1, 0.15) is 90.9 Å². The number of amides is 2. The zero-order valence-corrected chi connectivity index (χ0v) is 25.3. The normalized spacial score (nSPS) is 23.6. The van der Waals surface area contributed by atoms with Crippen molar-refractivity contribution in [3.8, 4) is 0 Å². The summed E-state index contributed by atoms with van der Waals surface area (Å²) < 4.78 is 0. The molecule has 0 unspecified atom stereocenters. The lowest BCUT2D eigenvalue weighted by molar-refractivity contribution is 0.0398. The fourth-order valence-corrected chi connectivity index (χ4v) is 8.21. The lowest BCUT2D eigenvalue weighted by Gasteiger charge is -2.38. The minimum atomic E-state index is -1.46. The smallest absolute Gasteiger partial charge is 0.315 e. The van der Waals surface area contributed by atoms with Gasteiger partial charge in [0.15, 0.2) is 0 Å². The van der Waals surface area contributed by atoms with Crippen LogP contribution in [0, 0.1) is 5.92 Å². The molecule has 4 aromatic rings. The van der Waals surface area contributed by atoms with Gasteiger partial charge >= 0.3 is 6.03 Å². The van der Waals surface area contributed by atoms with E-state index in [1.165, 1.54) is 25.8 Å². The zero-order valence-electron chi connectivity index (χ0n) is 25.3. The van der Waals surface area contributed by atoms with Gasteiger partial charge in [0.05, 0.1) is 6.04 Å². The third-order valence-corrected chi connectivity index (χ3v) is 10.5. The van der Waals surface area contributed by atoms with Crippen LogP contribution in [-0.4, -0.2) is 28.6 Å². The van der Waals surface area contributed by atoms with Gasteiger partial charge in [-0.1, -0.05) is 115 Å². The highest BCUT2D eigenvalue weighted by Crippen LogP contribution is 2.53. The largest absolute Gasteiger partial charge is 0.378 e. The van der Waals surface area contributed by atoms with Crippen molar-refractivity contribution < 1.29 is 9.90 Å². The van der Waals surface area contributed by atoms with E-state index in [1.807, 2.05) is 91.0 Å². The van der Waals surface area contributed by atoms with E-state index >= 15 is 0 Å². The first-order chi connectivity index (χ1) is 21.6. The zero-order chi connectivity index (χ0) is 29.9. The molecule has 0 spiro atoms. The number of nitrogens with zero attached hydrogens (tertiary/aromatic N) is 1. The molecule has 7 rings (SSSR count). The number of hydrogen-bond acceptors (Lipinski definition) is 3. The fraction of sp³-hybridized carbons (Fsp3) is 0.359. The molecule has 226 valence electrons. The Bertz CT molecular complexity index is 1470. The van der Waals surface area contributed by atoms with Crippen molar-refractivity contribution in [2.24, 2.45) is 5.92 Å². The van der Waals surface area contributed by atoms with Crippen molar-refractivity contribution in [1.29, 1.82) is 0 Å². The van der Waals surface area contributed by atoms with Crippen LogP contribution in [0.25, 0.3) is 0 Å². The van der Waals surface area contributed by atoms with E-state index in [2.05, 4.69) is 39.8 Å². The molecule has 2 amide bonds. The lowest BCUT2D eigenvalue weighted by atomic mass is 9.77. The molecule has 4 aromatic carbocycles. The predicted molar refractivity (Wildman–Crippen MR) is 175 cm³/mol. The molecule has 2 fully saturated rings.